The van der Waals surface area contributed by atoms with Crippen LogP contribution < -0.4 is 5.32 Å². The van der Waals surface area contributed by atoms with Crippen LogP contribution in [0.2, 0.25) is 0 Å². The summed E-state index contributed by atoms with van der Waals surface area (Å²) >= 11 is 3.37. The monoisotopic (exact) mass is 273 g/mol. The molecule has 2 N–H and O–H groups in total. The zero-order valence-electron chi connectivity index (χ0n) is 8.79. The van der Waals surface area contributed by atoms with Crippen molar-refractivity contribution in [2.45, 2.75) is 13.5 Å². The van der Waals surface area contributed by atoms with Gasteiger partial charge in [-0.05, 0) is 25.1 Å². The van der Waals surface area contributed by atoms with Crippen LogP contribution in [0.3, 0.4) is 0 Å². The Bertz CT molecular complexity index is 305. The largest absolute Gasteiger partial charge is 0.508 e. The molecule has 3 nitrogen and oxygen atoms in total. The van der Waals surface area contributed by atoms with Crippen molar-refractivity contribution in [3.63, 3.8) is 0 Å². The molecule has 0 saturated carbocycles. The zero-order chi connectivity index (χ0) is 11.1. The van der Waals surface area contributed by atoms with Crippen molar-refractivity contribution >= 4 is 15.9 Å². The van der Waals surface area contributed by atoms with Crippen molar-refractivity contribution in [1.82, 2.24) is 5.32 Å². The number of ether oxygens (including phenoxy) is 1. The normalized spacial score (nSPS) is 10.5. The Labute approximate surface area is 98.6 Å². The number of benzene rings is 1. The molecule has 0 aliphatic rings. The standard InChI is InChI=1S/C11H16BrNO2/c1-2-15-6-5-13-8-9-7-10(12)3-4-11(9)14/h3-4,7,13-14H,2,5-6,8H2,1H3. The number of rotatable bonds is 6. The summed E-state index contributed by atoms with van der Waals surface area (Å²) in [6.45, 7) is 4.85. The van der Waals surface area contributed by atoms with Crippen LogP contribution in [0.15, 0.2) is 22.7 Å². The van der Waals surface area contributed by atoms with E-state index in [-0.39, 0.29) is 0 Å². The molecule has 0 atom stereocenters. The summed E-state index contributed by atoms with van der Waals surface area (Å²) < 4.78 is 6.17. The van der Waals surface area contributed by atoms with Gasteiger partial charge in [0, 0.05) is 29.7 Å². The summed E-state index contributed by atoms with van der Waals surface area (Å²) in [5, 5.41) is 12.7. The van der Waals surface area contributed by atoms with E-state index in [1.54, 1.807) is 6.07 Å². The molecule has 0 saturated heterocycles. The molecule has 84 valence electrons. The Morgan fingerprint density at radius 3 is 3.00 bits per heavy atom. The molecular formula is C11H16BrNO2. The van der Waals surface area contributed by atoms with Crippen LogP contribution >= 0.6 is 15.9 Å². The van der Waals surface area contributed by atoms with Crippen LogP contribution in [0.4, 0.5) is 0 Å². The lowest BCUT2D eigenvalue weighted by Gasteiger charge is -2.07. The Morgan fingerprint density at radius 1 is 1.47 bits per heavy atom. The van der Waals surface area contributed by atoms with Gasteiger partial charge in [0.05, 0.1) is 6.61 Å². The molecule has 0 spiro atoms. The minimum atomic E-state index is 0.321. The van der Waals surface area contributed by atoms with Crippen molar-refractivity contribution in [3.8, 4) is 5.75 Å². The first-order valence-corrected chi connectivity index (χ1v) is 5.79. The maximum Gasteiger partial charge on any atom is 0.120 e. The lowest BCUT2D eigenvalue weighted by molar-refractivity contribution is 0.149. The molecule has 0 amide bonds. The number of hydrogen-bond acceptors (Lipinski definition) is 3. The van der Waals surface area contributed by atoms with Crippen LogP contribution in [0.5, 0.6) is 5.75 Å². The molecule has 0 unspecified atom stereocenters. The second-order valence-electron chi connectivity index (χ2n) is 3.15. The van der Waals surface area contributed by atoms with Gasteiger partial charge in [0.25, 0.3) is 0 Å². The molecule has 15 heavy (non-hydrogen) atoms. The number of halogens is 1. The van der Waals surface area contributed by atoms with Gasteiger partial charge in [0.2, 0.25) is 0 Å². The van der Waals surface area contributed by atoms with E-state index in [1.165, 1.54) is 0 Å². The number of aromatic hydroxyl groups is 1. The average molecular weight is 274 g/mol. The second kappa shape index (κ2) is 6.82. The third-order valence-electron chi connectivity index (χ3n) is 1.98. The molecule has 1 aromatic carbocycles. The van der Waals surface area contributed by atoms with E-state index in [0.717, 1.165) is 23.2 Å². The summed E-state index contributed by atoms with van der Waals surface area (Å²) in [7, 11) is 0. The summed E-state index contributed by atoms with van der Waals surface area (Å²) in [5.74, 6) is 0.321. The summed E-state index contributed by atoms with van der Waals surface area (Å²) in [6, 6.07) is 5.41. The van der Waals surface area contributed by atoms with Crippen molar-refractivity contribution in [1.29, 1.82) is 0 Å². The summed E-state index contributed by atoms with van der Waals surface area (Å²) in [5.41, 5.74) is 0.890. The first-order valence-electron chi connectivity index (χ1n) is 5.00. The van der Waals surface area contributed by atoms with E-state index in [2.05, 4.69) is 21.2 Å². The molecule has 0 heterocycles. The lowest BCUT2D eigenvalue weighted by Crippen LogP contribution is -2.19. The molecule has 0 aliphatic heterocycles. The van der Waals surface area contributed by atoms with Crippen molar-refractivity contribution in [3.05, 3.63) is 28.2 Å². The molecule has 0 radical (unpaired) electrons. The van der Waals surface area contributed by atoms with E-state index >= 15 is 0 Å². The average Bonchev–Trinajstić information content (AvgIpc) is 2.23. The third-order valence-corrected chi connectivity index (χ3v) is 2.48. The maximum atomic E-state index is 9.55. The van der Waals surface area contributed by atoms with E-state index in [9.17, 15) is 5.11 Å². The minimum Gasteiger partial charge on any atom is -0.508 e. The van der Waals surface area contributed by atoms with Crippen molar-refractivity contribution in [2.75, 3.05) is 19.8 Å². The van der Waals surface area contributed by atoms with Gasteiger partial charge in [-0.2, -0.15) is 0 Å². The molecule has 4 heteroatoms. The Morgan fingerprint density at radius 2 is 2.27 bits per heavy atom. The number of hydrogen-bond donors (Lipinski definition) is 2. The van der Waals surface area contributed by atoms with Gasteiger partial charge >= 0.3 is 0 Å². The lowest BCUT2D eigenvalue weighted by atomic mass is 10.2. The van der Waals surface area contributed by atoms with E-state index in [0.29, 0.717) is 18.9 Å². The van der Waals surface area contributed by atoms with E-state index in [1.807, 2.05) is 19.1 Å². The predicted molar refractivity (Wildman–Crippen MR) is 64.0 cm³/mol. The number of phenolic OH excluding ortho intramolecular Hbond substituents is 1. The molecule has 0 aromatic heterocycles. The van der Waals surface area contributed by atoms with E-state index < -0.39 is 0 Å². The maximum absolute atomic E-state index is 9.55. The van der Waals surface area contributed by atoms with E-state index in [4.69, 9.17) is 4.74 Å². The zero-order valence-corrected chi connectivity index (χ0v) is 10.4. The number of phenols is 1. The SMILES string of the molecule is CCOCCNCc1cc(Br)ccc1O. The van der Waals surface area contributed by atoms with Crippen molar-refractivity contribution in [2.24, 2.45) is 0 Å². The first kappa shape index (κ1) is 12.5. The highest BCUT2D eigenvalue weighted by molar-refractivity contribution is 9.10. The first-order chi connectivity index (χ1) is 7.24. The smallest absolute Gasteiger partial charge is 0.120 e. The van der Waals surface area contributed by atoms with Crippen LogP contribution in [-0.4, -0.2) is 24.9 Å². The highest BCUT2D eigenvalue weighted by atomic mass is 79.9. The third kappa shape index (κ3) is 4.64. The summed E-state index contributed by atoms with van der Waals surface area (Å²) in [4.78, 5) is 0. The predicted octanol–water partition coefficient (Wildman–Crippen LogP) is 2.28. The molecule has 0 aliphatic carbocycles. The molecule has 1 aromatic rings. The fraction of sp³-hybridized carbons (Fsp3) is 0.455. The fourth-order valence-corrected chi connectivity index (χ4v) is 1.62. The van der Waals surface area contributed by atoms with Gasteiger partial charge in [0.15, 0.2) is 0 Å². The second-order valence-corrected chi connectivity index (χ2v) is 4.06. The van der Waals surface area contributed by atoms with Crippen LogP contribution in [-0.2, 0) is 11.3 Å². The van der Waals surface area contributed by atoms with Gasteiger partial charge in [0.1, 0.15) is 5.75 Å². The quantitative estimate of drug-likeness (QED) is 0.782. The Kier molecular flexibility index (Phi) is 5.68. The van der Waals surface area contributed by atoms with Crippen molar-refractivity contribution < 1.29 is 9.84 Å². The number of nitrogens with one attached hydrogen (secondary N) is 1. The topological polar surface area (TPSA) is 41.5 Å². The Balaban J connectivity index is 2.33. The molecule has 0 fully saturated rings. The van der Waals surface area contributed by atoms with Crippen LogP contribution in [0.1, 0.15) is 12.5 Å². The Hall–Kier alpha value is -0.580. The van der Waals surface area contributed by atoms with Gasteiger partial charge < -0.3 is 15.2 Å². The van der Waals surface area contributed by atoms with Crippen LogP contribution in [0.25, 0.3) is 0 Å². The molecule has 1 rings (SSSR count). The minimum absolute atomic E-state index is 0.321. The van der Waals surface area contributed by atoms with Gasteiger partial charge in [-0.15, -0.1) is 0 Å². The molecule has 0 bridgehead atoms. The highest BCUT2D eigenvalue weighted by Gasteiger charge is 2.00. The van der Waals surface area contributed by atoms with Gasteiger partial charge in [-0.25, -0.2) is 0 Å². The summed E-state index contributed by atoms with van der Waals surface area (Å²) in [6.07, 6.45) is 0. The van der Waals surface area contributed by atoms with Crippen LogP contribution in [0, 0.1) is 0 Å². The van der Waals surface area contributed by atoms with Gasteiger partial charge in [-0.1, -0.05) is 15.9 Å². The highest BCUT2D eigenvalue weighted by Crippen LogP contribution is 2.21. The van der Waals surface area contributed by atoms with Gasteiger partial charge in [-0.3, -0.25) is 0 Å². The molecular weight excluding hydrogens is 258 g/mol. The fourth-order valence-electron chi connectivity index (χ4n) is 1.21.